The smallest absolute Gasteiger partial charge is 0.317 e. The summed E-state index contributed by atoms with van der Waals surface area (Å²) in [7, 11) is 0. The number of hydrogen-bond acceptors (Lipinski definition) is 4. The van der Waals surface area contributed by atoms with Gasteiger partial charge in [0.25, 0.3) is 0 Å². The summed E-state index contributed by atoms with van der Waals surface area (Å²) in [5, 5.41) is 15.5. The lowest BCUT2D eigenvalue weighted by atomic mass is 9.80. The fourth-order valence-electron chi connectivity index (χ4n) is 2.02. The second-order valence-corrected chi connectivity index (χ2v) is 5.00. The Balaban J connectivity index is 1.81. The number of aromatic nitrogens is 1. The lowest BCUT2D eigenvalue weighted by Gasteiger charge is -2.36. The number of nitrogens with one attached hydrogen (secondary N) is 1. The molecule has 19 heavy (non-hydrogen) atoms. The van der Waals surface area contributed by atoms with Crippen LogP contribution in [0.15, 0.2) is 16.9 Å². The summed E-state index contributed by atoms with van der Waals surface area (Å²) < 4.78 is 4.67. The number of hydrogen-bond donors (Lipinski definition) is 2. The maximum absolute atomic E-state index is 11.9. The van der Waals surface area contributed by atoms with Gasteiger partial charge in [-0.1, -0.05) is 5.16 Å². The number of carbonyl (C=O) groups excluding carboxylic acids is 1. The van der Waals surface area contributed by atoms with Gasteiger partial charge in [-0.25, -0.2) is 4.79 Å². The third-order valence-electron chi connectivity index (χ3n) is 3.58. The van der Waals surface area contributed by atoms with E-state index >= 15 is 0 Å². The van der Waals surface area contributed by atoms with E-state index in [2.05, 4.69) is 15.0 Å². The van der Waals surface area contributed by atoms with Crippen molar-refractivity contribution in [2.45, 2.75) is 26.3 Å². The molecule has 1 aliphatic rings. The molecule has 104 valence electrons. The van der Waals surface area contributed by atoms with Gasteiger partial charge in [-0.05, 0) is 19.8 Å². The average molecular weight is 267 g/mol. The Labute approximate surface area is 110 Å². The predicted molar refractivity (Wildman–Crippen MR) is 65.3 cm³/mol. The largest absolute Gasteiger partial charge is 0.481 e. The zero-order valence-corrected chi connectivity index (χ0v) is 10.8. The summed E-state index contributed by atoms with van der Waals surface area (Å²) in [4.78, 5) is 24.6. The minimum absolute atomic E-state index is 0.199. The van der Waals surface area contributed by atoms with E-state index in [1.807, 2.05) is 0 Å². The van der Waals surface area contributed by atoms with Crippen molar-refractivity contribution < 1.29 is 19.2 Å². The summed E-state index contributed by atoms with van der Waals surface area (Å²) in [6.07, 6.45) is 2.39. The van der Waals surface area contributed by atoms with Crippen LogP contribution in [0.3, 0.4) is 0 Å². The number of urea groups is 1. The highest BCUT2D eigenvalue weighted by Gasteiger charge is 2.37. The van der Waals surface area contributed by atoms with E-state index in [9.17, 15) is 9.59 Å². The Morgan fingerprint density at radius 1 is 1.53 bits per heavy atom. The van der Waals surface area contributed by atoms with Gasteiger partial charge in [-0.3, -0.25) is 4.79 Å². The van der Waals surface area contributed by atoms with Crippen LogP contribution in [0.2, 0.25) is 0 Å². The molecule has 0 spiro atoms. The third kappa shape index (κ3) is 3.04. The van der Waals surface area contributed by atoms with Gasteiger partial charge >= 0.3 is 12.0 Å². The van der Waals surface area contributed by atoms with Gasteiger partial charge in [-0.2, -0.15) is 0 Å². The Hall–Kier alpha value is -2.05. The van der Waals surface area contributed by atoms with E-state index in [-0.39, 0.29) is 6.03 Å². The molecule has 2 rings (SSSR count). The van der Waals surface area contributed by atoms with E-state index < -0.39 is 11.4 Å². The Morgan fingerprint density at radius 2 is 2.21 bits per heavy atom. The number of carbonyl (C=O) groups is 2. The summed E-state index contributed by atoms with van der Waals surface area (Å²) in [5.74, 6) is -0.796. The van der Waals surface area contributed by atoms with E-state index in [0.29, 0.717) is 38.2 Å². The number of piperidine rings is 1. The van der Waals surface area contributed by atoms with Crippen LogP contribution >= 0.6 is 0 Å². The van der Waals surface area contributed by atoms with Crippen LogP contribution < -0.4 is 5.32 Å². The minimum atomic E-state index is -0.796. The van der Waals surface area contributed by atoms with Crippen molar-refractivity contribution >= 4 is 12.0 Å². The van der Waals surface area contributed by atoms with Gasteiger partial charge in [0.1, 0.15) is 12.0 Å². The highest BCUT2D eigenvalue weighted by molar-refractivity contribution is 5.76. The fraction of sp³-hybridized carbons (Fsp3) is 0.583. The van der Waals surface area contributed by atoms with E-state index in [0.717, 1.165) is 0 Å². The molecule has 1 aliphatic heterocycles. The molecule has 2 N–H and O–H groups in total. The molecule has 0 radical (unpaired) electrons. The van der Waals surface area contributed by atoms with Crippen LogP contribution in [-0.4, -0.2) is 40.3 Å². The maximum atomic E-state index is 11.9. The lowest BCUT2D eigenvalue weighted by molar-refractivity contribution is -0.150. The summed E-state index contributed by atoms with van der Waals surface area (Å²) in [5.41, 5.74) is -0.0659. The van der Waals surface area contributed by atoms with Gasteiger partial charge in [-0.15, -0.1) is 0 Å². The van der Waals surface area contributed by atoms with Crippen molar-refractivity contribution in [1.29, 1.82) is 0 Å². The quantitative estimate of drug-likeness (QED) is 0.854. The van der Waals surface area contributed by atoms with Crippen molar-refractivity contribution in [2.24, 2.45) is 5.41 Å². The number of aliphatic carboxylic acids is 1. The molecular weight excluding hydrogens is 250 g/mol. The SMILES string of the molecule is CC1(C(=O)O)CCN(C(=O)NCc2ccon2)CC1. The molecule has 0 unspecified atom stereocenters. The van der Waals surface area contributed by atoms with Crippen LogP contribution in [-0.2, 0) is 11.3 Å². The summed E-state index contributed by atoms with van der Waals surface area (Å²) >= 11 is 0. The molecule has 7 heteroatoms. The predicted octanol–water partition coefficient (Wildman–Crippen LogP) is 1.07. The molecule has 1 aromatic rings. The summed E-state index contributed by atoms with van der Waals surface area (Å²) in [6.45, 7) is 2.93. The van der Waals surface area contributed by atoms with E-state index in [4.69, 9.17) is 5.11 Å². The normalized spacial score (nSPS) is 18.1. The number of amides is 2. The molecule has 2 amide bonds. The third-order valence-corrected chi connectivity index (χ3v) is 3.58. The minimum Gasteiger partial charge on any atom is -0.481 e. The molecule has 1 fully saturated rings. The first-order chi connectivity index (χ1) is 9.01. The van der Waals surface area contributed by atoms with Gasteiger partial charge in [0, 0.05) is 19.2 Å². The fourth-order valence-corrected chi connectivity index (χ4v) is 2.02. The van der Waals surface area contributed by atoms with Crippen LogP contribution in [0.5, 0.6) is 0 Å². The molecule has 0 aliphatic carbocycles. The van der Waals surface area contributed by atoms with Gasteiger partial charge in [0.15, 0.2) is 0 Å². The van der Waals surface area contributed by atoms with Crippen molar-refractivity contribution in [2.75, 3.05) is 13.1 Å². The first kappa shape index (κ1) is 13.4. The highest BCUT2D eigenvalue weighted by atomic mass is 16.5. The van der Waals surface area contributed by atoms with Crippen LogP contribution in [0.1, 0.15) is 25.5 Å². The van der Waals surface area contributed by atoms with Crippen LogP contribution in [0, 0.1) is 5.41 Å². The zero-order valence-electron chi connectivity index (χ0n) is 10.8. The van der Waals surface area contributed by atoms with Crippen LogP contribution in [0.25, 0.3) is 0 Å². The maximum Gasteiger partial charge on any atom is 0.317 e. The zero-order chi connectivity index (χ0) is 13.9. The second kappa shape index (κ2) is 5.29. The topological polar surface area (TPSA) is 95.7 Å². The molecule has 0 saturated carbocycles. The molecule has 0 atom stereocenters. The van der Waals surface area contributed by atoms with Crippen molar-refractivity contribution in [3.05, 3.63) is 18.0 Å². The number of nitrogens with zero attached hydrogens (tertiary/aromatic N) is 2. The summed E-state index contributed by atoms with van der Waals surface area (Å²) in [6, 6.07) is 1.48. The van der Waals surface area contributed by atoms with Gasteiger partial charge < -0.3 is 19.8 Å². The molecule has 7 nitrogen and oxygen atoms in total. The first-order valence-corrected chi connectivity index (χ1v) is 6.17. The van der Waals surface area contributed by atoms with Gasteiger partial charge in [0.05, 0.1) is 12.0 Å². The van der Waals surface area contributed by atoms with E-state index in [1.165, 1.54) is 6.26 Å². The first-order valence-electron chi connectivity index (χ1n) is 6.17. The van der Waals surface area contributed by atoms with Crippen molar-refractivity contribution in [3.63, 3.8) is 0 Å². The number of carboxylic acid groups (broad SMARTS) is 1. The standard InChI is InChI=1S/C12H17N3O4/c1-12(10(16)17)3-5-15(6-4-12)11(18)13-8-9-2-7-19-14-9/h2,7H,3-6,8H2,1H3,(H,13,18)(H,16,17). The number of likely N-dealkylation sites (tertiary alicyclic amines) is 1. The molecular formula is C12H17N3O4. The number of carboxylic acids is 1. The Bertz CT molecular complexity index is 450. The van der Waals surface area contributed by atoms with Crippen molar-refractivity contribution in [3.8, 4) is 0 Å². The van der Waals surface area contributed by atoms with Crippen molar-refractivity contribution in [1.82, 2.24) is 15.4 Å². The highest BCUT2D eigenvalue weighted by Crippen LogP contribution is 2.30. The number of rotatable bonds is 3. The van der Waals surface area contributed by atoms with Gasteiger partial charge in [0.2, 0.25) is 0 Å². The van der Waals surface area contributed by atoms with Crippen LogP contribution in [0.4, 0.5) is 4.79 Å². The Morgan fingerprint density at radius 3 is 2.74 bits per heavy atom. The van der Waals surface area contributed by atoms with E-state index in [1.54, 1.807) is 17.9 Å². The average Bonchev–Trinajstić information content (AvgIpc) is 2.90. The lowest BCUT2D eigenvalue weighted by Crippen LogP contribution is -2.48. The second-order valence-electron chi connectivity index (χ2n) is 5.00. The monoisotopic (exact) mass is 267 g/mol. The molecule has 2 heterocycles. The Kier molecular flexibility index (Phi) is 3.73. The molecule has 0 aromatic carbocycles. The molecule has 1 saturated heterocycles. The molecule has 1 aromatic heterocycles. The molecule has 0 bridgehead atoms.